The van der Waals surface area contributed by atoms with Crippen molar-refractivity contribution < 1.29 is 24.5 Å². The minimum Gasteiger partial charge on any atom is -0.462 e. The lowest BCUT2D eigenvalue weighted by molar-refractivity contribution is -0.151. The van der Waals surface area contributed by atoms with E-state index in [1.807, 2.05) is 0 Å². The van der Waals surface area contributed by atoms with Crippen LogP contribution in [-0.2, 0) is 14.3 Å². The van der Waals surface area contributed by atoms with Gasteiger partial charge >= 0.3 is 5.97 Å². The fraction of sp³-hybridized carbons (Fsp3) is 0.760. The van der Waals surface area contributed by atoms with Crippen LogP contribution in [-0.4, -0.2) is 46.9 Å². The topological polar surface area (TPSA) is 95.9 Å². The van der Waals surface area contributed by atoms with Gasteiger partial charge in [0, 0.05) is 6.42 Å². The van der Waals surface area contributed by atoms with E-state index in [4.69, 9.17) is 4.74 Å². The molecule has 6 heteroatoms. The molecule has 0 heterocycles. The van der Waals surface area contributed by atoms with Crippen molar-refractivity contribution in [3.05, 3.63) is 60.8 Å². The molecule has 3 unspecified atom stereocenters. The number of nitrogens with one attached hydrogen (secondary N) is 1. The number of rotatable bonds is 41. The summed E-state index contributed by atoms with van der Waals surface area (Å²) >= 11 is 0. The molecule has 0 rings (SSSR count). The average molecular weight is 784 g/mol. The van der Waals surface area contributed by atoms with Gasteiger partial charge in [-0.2, -0.15) is 0 Å². The van der Waals surface area contributed by atoms with Gasteiger partial charge in [0.25, 0.3) is 0 Å². The molecule has 56 heavy (non-hydrogen) atoms. The van der Waals surface area contributed by atoms with Crippen LogP contribution in [0.15, 0.2) is 60.8 Å². The summed E-state index contributed by atoms with van der Waals surface area (Å²) in [6.45, 7) is 6.29. The molecular weight excluding hydrogens is 695 g/mol. The summed E-state index contributed by atoms with van der Waals surface area (Å²) in [4.78, 5) is 26.0. The lowest BCUT2D eigenvalue weighted by atomic mass is 10.0. The summed E-state index contributed by atoms with van der Waals surface area (Å²) < 4.78 is 5.89. The predicted octanol–water partition coefficient (Wildman–Crippen LogP) is 13.7. The minimum absolute atomic E-state index is 0.0539. The van der Waals surface area contributed by atoms with E-state index in [9.17, 15) is 19.8 Å². The first-order chi connectivity index (χ1) is 27.5. The van der Waals surface area contributed by atoms with E-state index in [0.29, 0.717) is 19.3 Å². The van der Waals surface area contributed by atoms with Gasteiger partial charge in [-0.05, 0) is 70.6 Å². The van der Waals surface area contributed by atoms with Crippen LogP contribution in [0, 0.1) is 0 Å². The van der Waals surface area contributed by atoms with E-state index >= 15 is 0 Å². The Morgan fingerprint density at radius 1 is 0.536 bits per heavy atom. The number of hydrogen-bond acceptors (Lipinski definition) is 5. The summed E-state index contributed by atoms with van der Waals surface area (Å²) in [5.74, 6) is -0.521. The smallest absolute Gasteiger partial charge is 0.306 e. The number of aliphatic hydroxyl groups is 2. The van der Waals surface area contributed by atoms with Crippen LogP contribution in [0.5, 0.6) is 0 Å². The summed E-state index contributed by atoms with van der Waals surface area (Å²) in [6, 6.07) is -0.712. The van der Waals surface area contributed by atoms with Crippen LogP contribution in [0.25, 0.3) is 0 Å². The number of esters is 1. The van der Waals surface area contributed by atoms with Crippen LogP contribution in [0.2, 0.25) is 0 Å². The van der Waals surface area contributed by atoms with Gasteiger partial charge in [-0.15, -0.1) is 0 Å². The maximum Gasteiger partial charge on any atom is 0.306 e. The van der Waals surface area contributed by atoms with Crippen LogP contribution in [0.3, 0.4) is 0 Å². The third kappa shape index (κ3) is 38.4. The Hall–Kier alpha value is -2.44. The Kier molecular flexibility index (Phi) is 41.8. The zero-order valence-electron chi connectivity index (χ0n) is 36.8. The first-order valence-corrected chi connectivity index (χ1v) is 23.6. The van der Waals surface area contributed by atoms with E-state index in [1.54, 1.807) is 0 Å². The second-order valence-electron chi connectivity index (χ2n) is 15.9. The van der Waals surface area contributed by atoms with Crippen molar-refractivity contribution in [1.82, 2.24) is 5.32 Å². The number of aliphatic hydroxyl groups excluding tert-OH is 2. The molecule has 0 saturated heterocycles. The van der Waals surface area contributed by atoms with E-state index in [0.717, 1.165) is 103 Å². The Balaban J connectivity index is 4.67. The van der Waals surface area contributed by atoms with Crippen LogP contribution < -0.4 is 5.32 Å². The summed E-state index contributed by atoms with van der Waals surface area (Å²) in [5.41, 5.74) is 0. The second-order valence-corrected chi connectivity index (χ2v) is 15.9. The van der Waals surface area contributed by atoms with Gasteiger partial charge in [0.1, 0.15) is 6.10 Å². The molecule has 324 valence electrons. The third-order valence-corrected chi connectivity index (χ3v) is 10.4. The highest BCUT2D eigenvalue weighted by Crippen LogP contribution is 2.17. The zero-order chi connectivity index (χ0) is 41.0. The Morgan fingerprint density at radius 2 is 0.964 bits per heavy atom. The van der Waals surface area contributed by atoms with Gasteiger partial charge in [-0.3, -0.25) is 9.59 Å². The standard InChI is InChI=1S/C50H89NO5/c1-4-7-10-13-16-19-22-24-27-29-32-35-38-41-46(56-50(55)43-40-37-34-31-28-25-23-20-17-14-11-8-5-2)44-49(54)51-47(45-52)48(53)42-39-36-33-30-26-21-18-15-12-9-6-3/h8,11,14,16-17,19-20,22-24,46-48,52-53H,4-7,9-10,12-13,15,18,21,25-45H2,1-3H3,(H,51,54)/b11-8+,17-14+,19-16+,23-20-,24-22+. The van der Waals surface area contributed by atoms with Gasteiger partial charge in [0.05, 0.1) is 25.2 Å². The average Bonchev–Trinajstić information content (AvgIpc) is 3.19. The maximum absolute atomic E-state index is 13.1. The van der Waals surface area contributed by atoms with Crippen molar-refractivity contribution in [1.29, 1.82) is 0 Å². The van der Waals surface area contributed by atoms with Crippen molar-refractivity contribution >= 4 is 11.9 Å². The first-order valence-electron chi connectivity index (χ1n) is 23.6. The monoisotopic (exact) mass is 784 g/mol. The van der Waals surface area contributed by atoms with Gasteiger partial charge in [0.2, 0.25) is 5.91 Å². The molecule has 0 fully saturated rings. The van der Waals surface area contributed by atoms with E-state index in [-0.39, 0.29) is 24.9 Å². The summed E-state index contributed by atoms with van der Waals surface area (Å²) in [7, 11) is 0. The molecule has 6 nitrogen and oxygen atoms in total. The molecule has 3 atom stereocenters. The fourth-order valence-corrected chi connectivity index (χ4v) is 6.83. The molecule has 0 aliphatic heterocycles. The Labute approximate surface area is 346 Å². The second kappa shape index (κ2) is 43.7. The van der Waals surface area contributed by atoms with Gasteiger partial charge in [-0.1, -0.05) is 197 Å². The highest BCUT2D eigenvalue weighted by Gasteiger charge is 2.24. The molecule has 0 radical (unpaired) electrons. The molecule has 0 aliphatic rings. The summed E-state index contributed by atoms with van der Waals surface area (Å²) in [6.07, 6.45) is 52.7. The number of carbonyl (C=O) groups excluding carboxylic acids is 2. The number of unbranched alkanes of at least 4 members (excludes halogenated alkanes) is 22. The number of amides is 1. The Morgan fingerprint density at radius 3 is 1.50 bits per heavy atom. The van der Waals surface area contributed by atoms with Crippen molar-refractivity contribution in [2.24, 2.45) is 0 Å². The molecule has 1 amide bonds. The van der Waals surface area contributed by atoms with Crippen LogP contribution in [0.1, 0.15) is 220 Å². The largest absolute Gasteiger partial charge is 0.462 e. The molecule has 0 aromatic carbocycles. The normalized spacial score (nSPS) is 13.9. The number of ether oxygens (including phenoxy) is 1. The van der Waals surface area contributed by atoms with Gasteiger partial charge < -0.3 is 20.3 Å². The highest BCUT2D eigenvalue weighted by molar-refractivity contribution is 5.77. The van der Waals surface area contributed by atoms with Crippen LogP contribution in [0.4, 0.5) is 0 Å². The molecule has 3 N–H and O–H groups in total. The number of carbonyl (C=O) groups is 2. The zero-order valence-corrected chi connectivity index (χ0v) is 36.8. The van der Waals surface area contributed by atoms with Crippen molar-refractivity contribution in [2.75, 3.05) is 6.61 Å². The maximum atomic E-state index is 13.1. The van der Waals surface area contributed by atoms with Crippen LogP contribution >= 0.6 is 0 Å². The lowest BCUT2D eigenvalue weighted by Crippen LogP contribution is -2.46. The molecule has 0 bridgehead atoms. The molecule has 0 spiro atoms. The van der Waals surface area contributed by atoms with E-state index in [1.165, 1.54) is 70.6 Å². The molecule has 0 aromatic heterocycles. The summed E-state index contributed by atoms with van der Waals surface area (Å²) in [5, 5.41) is 23.6. The van der Waals surface area contributed by atoms with Crippen molar-refractivity contribution in [3.8, 4) is 0 Å². The minimum atomic E-state index is -0.796. The molecule has 0 saturated carbocycles. The first kappa shape index (κ1) is 53.6. The third-order valence-electron chi connectivity index (χ3n) is 10.4. The highest BCUT2D eigenvalue weighted by atomic mass is 16.5. The van der Waals surface area contributed by atoms with E-state index in [2.05, 4.69) is 86.8 Å². The van der Waals surface area contributed by atoms with Gasteiger partial charge in [-0.25, -0.2) is 0 Å². The SMILES string of the molecule is CC/C=C/C=C/C=C\CCCCCCCC(=O)OC(CCCCCC/C=C/C=C/CCCCC)CC(=O)NC(CO)C(O)CCCCCCCCCCCCC. The fourth-order valence-electron chi connectivity index (χ4n) is 6.83. The van der Waals surface area contributed by atoms with E-state index < -0.39 is 18.2 Å². The molecule has 0 aromatic rings. The van der Waals surface area contributed by atoms with Gasteiger partial charge in [0.15, 0.2) is 0 Å². The lowest BCUT2D eigenvalue weighted by Gasteiger charge is -2.24. The number of allylic oxidation sites excluding steroid dienone is 10. The Bertz CT molecular complexity index is 1010. The van der Waals surface area contributed by atoms with Crippen molar-refractivity contribution in [2.45, 2.75) is 238 Å². The molecular formula is C50H89NO5. The quantitative estimate of drug-likeness (QED) is 0.0326. The number of hydrogen-bond donors (Lipinski definition) is 3. The van der Waals surface area contributed by atoms with Crippen molar-refractivity contribution in [3.63, 3.8) is 0 Å². The molecule has 0 aliphatic carbocycles. The predicted molar refractivity (Wildman–Crippen MR) is 241 cm³/mol.